The van der Waals surface area contributed by atoms with Crippen LogP contribution in [-0.2, 0) is 6.54 Å². The second-order valence-electron chi connectivity index (χ2n) is 4.48. The number of amides is 1. The Kier molecular flexibility index (Phi) is 4.56. The van der Waals surface area contributed by atoms with Crippen LogP contribution < -0.4 is 5.32 Å². The van der Waals surface area contributed by atoms with Crippen LogP contribution >= 0.6 is 38.9 Å². The lowest BCUT2D eigenvalue weighted by Gasteiger charge is -2.04. The minimum Gasteiger partial charge on any atom is -0.298 e. The summed E-state index contributed by atoms with van der Waals surface area (Å²) >= 11 is 10.5. The molecule has 3 aromatic rings. The molecule has 0 aliphatic carbocycles. The highest BCUT2D eigenvalue weighted by Gasteiger charge is 2.08. The van der Waals surface area contributed by atoms with Crippen LogP contribution in [0.3, 0.4) is 0 Å². The van der Waals surface area contributed by atoms with Crippen LogP contribution in [0.4, 0.5) is 5.13 Å². The van der Waals surface area contributed by atoms with E-state index in [0.29, 0.717) is 22.3 Å². The summed E-state index contributed by atoms with van der Waals surface area (Å²) in [6.07, 6.45) is 5.00. The molecule has 5 nitrogen and oxygen atoms in total. The monoisotopic (exact) mass is 396 g/mol. The van der Waals surface area contributed by atoms with Crippen molar-refractivity contribution in [3.8, 4) is 0 Å². The van der Waals surface area contributed by atoms with E-state index >= 15 is 0 Å². The van der Waals surface area contributed by atoms with Crippen LogP contribution in [0.25, 0.3) is 0 Å². The molecule has 2 heterocycles. The summed E-state index contributed by atoms with van der Waals surface area (Å²) in [5, 5.41) is 8.04. The highest BCUT2D eigenvalue weighted by atomic mass is 79.9. The number of carbonyl (C=O) groups is 1. The van der Waals surface area contributed by atoms with E-state index in [1.54, 1.807) is 35.4 Å². The van der Waals surface area contributed by atoms with Crippen molar-refractivity contribution in [3.63, 3.8) is 0 Å². The first kappa shape index (κ1) is 15.2. The lowest BCUT2D eigenvalue weighted by atomic mass is 10.1. The average molecular weight is 398 g/mol. The number of carbonyl (C=O) groups excluding carboxylic acids is 1. The lowest BCUT2D eigenvalue weighted by molar-refractivity contribution is 0.102. The predicted molar refractivity (Wildman–Crippen MR) is 90.5 cm³/mol. The van der Waals surface area contributed by atoms with Crippen molar-refractivity contribution in [2.45, 2.75) is 6.54 Å². The Hall–Kier alpha value is -1.70. The molecule has 0 unspecified atom stereocenters. The van der Waals surface area contributed by atoms with Crippen LogP contribution in [0.5, 0.6) is 0 Å². The number of halogens is 2. The summed E-state index contributed by atoms with van der Waals surface area (Å²) in [6, 6.07) is 7.33. The predicted octanol–water partition coefficient (Wildman–Crippen LogP) is 4.06. The molecule has 112 valence electrons. The molecule has 0 saturated heterocycles. The zero-order valence-electron chi connectivity index (χ0n) is 11.2. The second kappa shape index (κ2) is 6.60. The van der Waals surface area contributed by atoms with Crippen molar-refractivity contribution < 1.29 is 4.79 Å². The Balaban J connectivity index is 1.66. The van der Waals surface area contributed by atoms with Crippen molar-refractivity contribution in [2.24, 2.45) is 0 Å². The summed E-state index contributed by atoms with van der Waals surface area (Å²) in [5.41, 5.74) is 1.61. The third-order valence-electron chi connectivity index (χ3n) is 2.86. The molecule has 1 amide bonds. The largest absolute Gasteiger partial charge is 0.298 e. The lowest BCUT2D eigenvalue weighted by Crippen LogP contribution is -2.11. The molecule has 22 heavy (non-hydrogen) atoms. The molecule has 1 N–H and O–H groups in total. The number of benzene rings is 1. The normalized spacial score (nSPS) is 10.6. The quantitative estimate of drug-likeness (QED) is 0.722. The molecule has 0 radical (unpaired) electrons. The van der Waals surface area contributed by atoms with Gasteiger partial charge in [0.2, 0.25) is 0 Å². The molecule has 0 spiro atoms. The van der Waals surface area contributed by atoms with E-state index in [1.807, 2.05) is 12.1 Å². The summed E-state index contributed by atoms with van der Waals surface area (Å²) in [7, 11) is 0. The van der Waals surface area contributed by atoms with Gasteiger partial charge in [0, 0.05) is 11.8 Å². The molecule has 0 bridgehead atoms. The van der Waals surface area contributed by atoms with E-state index in [0.717, 1.165) is 9.35 Å². The van der Waals surface area contributed by atoms with Gasteiger partial charge in [-0.05, 0) is 33.6 Å². The molecule has 2 aromatic heterocycles. The van der Waals surface area contributed by atoms with Gasteiger partial charge in [-0.1, -0.05) is 35.1 Å². The van der Waals surface area contributed by atoms with Crippen LogP contribution in [0.2, 0.25) is 5.02 Å². The van der Waals surface area contributed by atoms with E-state index in [2.05, 4.69) is 31.3 Å². The van der Waals surface area contributed by atoms with E-state index in [9.17, 15) is 4.79 Å². The Bertz CT molecular complexity index is 799. The van der Waals surface area contributed by atoms with E-state index in [4.69, 9.17) is 11.6 Å². The smallest absolute Gasteiger partial charge is 0.257 e. The number of rotatable bonds is 4. The molecule has 0 atom stereocenters. The standard InChI is InChI=1S/C14H10BrClN4OS/c15-12-6-17-14(22-12)19-13(21)10-3-1-9(2-4-10)7-20-8-11(16)5-18-20/h1-6,8H,7H2,(H,17,19,21). The van der Waals surface area contributed by atoms with Crippen molar-refractivity contribution in [3.05, 3.63) is 62.8 Å². The first-order valence-corrected chi connectivity index (χ1v) is 8.28. The molecule has 8 heteroatoms. The number of thiazole rings is 1. The van der Waals surface area contributed by atoms with Gasteiger partial charge in [-0.2, -0.15) is 5.10 Å². The topological polar surface area (TPSA) is 59.8 Å². The van der Waals surface area contributed by atoms with Gasteiger partial charge in [-0.15, -0.1) is 0 Å². The van der Waals surface area contributed by atoms with E-state index in [1.165, 1.54) is 11.3 Å². The second-order valence-corrected chi connectivity index (χ2v) is 7.32. The van der Waals surface area contributed by atoms with Crippen LogP contribution in [-0.4, -0.2) is 20.7 Å². The Morgan fingerprint density at radius 2 is 2.09 bits per heavy atom. The number of hydrogen-bond donors (Lipinski definition) is 1. The van der Waals surface area contributed by atoms with Gasteiger partial charge in [0.05, 0.1) is 27.7 Å². The van der Waals surface area contributed by atoms with Gasteiger partial charge < -0.3 is 0 Å². The van der Waals surface area contributed by atoms with Gasteiger partial charge in [0.15, 0.2) is 5.13 Å². The highest BCUT2D eigenvalue weighted by Crippen LogP contribution is 2.23. The molecule has 3 rings (SSSR count). The van der Waals surface area contributed by atoms with Crippen LogP contribution in [0, 0.1) is 0 Å². The van der Waals surface area contributed by atoms with Crippen LogP contribution in [0.1, 0.15) is 15.9 Å². The van der Waals surface area contributed by atoms with Gasteiger partial charge >= 0.3 is 0 Å². The molecular weight excluding hydrogens is 388 g/mol. The number of hydrogen-bond acceptors (Lipinski definition) is 4. The molecule has 1 aromatic carbocycles. The maximum atomic E-state index is 12.1. The number of nitrogens with one attached hydrogen (secondary N) is 1. The fourth-order valence-corrected chi connectivity index (χ4v) is 3.11. The maximum absolute atomic E-state index is 12.1. The third-order valence-corrected chi connectivity index (χ3v) is 4.45. The summed E-state index contributed by atoms with van der Waals surface area (Å²) in [6.45, 7) is 0.605. The minimum atomic E-state index is -0.185. The Morgan fingerprint density at radius 3 is 2.68 bits per heavy atom. The number of aromatic nitrogens is 3. The number of nitrogens with zero attached hydrogens (tertiary/aromatic N) is 3. The SMILES string of the molecule is O=C(Nc1ncc(Br)s1)c1ccc(Cn2cc(Cl)cn2)cc1. The Morgan fingerprint density at radius 1 is 1.32 bits per heavy atom. The molecular formula is C14H10BrClN4OS. The zero-order valence-corrected chi connectivity index (χ0v) is 14.3. The first-order chi connectivity index (χ1) is 10.6. The maximum Gasteiger partial charge on any atom is 0.257 e. The third kappa shape index (κ3) is 3.73. The fourth-order valence-electron chi connectivity index (χ4n) is 1.85. The number of anilines is 1. The molecule has 0 aliphatic rings. The average Bonchev–Trinajstić information content (AvgIpc) is 3.08. The van der Waals surface area contributed by atoms with E-state index < -0.39 is 0 Å². The van der Waals surface area contributed by atoms with Crippen molar-refractivity contribution >= 4 is 49.9 Å². The van der Waals surface area contributed by atoms with Crippen LogP contribution in [0.15, 0.2) is 46.6 Å². The summed E-state index contributed by atoms with van der Waals surface area (Å²) in [5.74, 6) is -0.185. The van der Waals surface area contributed by atoms with Crippen molar-refractivity contribution in [1.29, 1.82) is 0 Å². The first-order valence-electron chi connectivity index (χ1n) is 6.30. The van der Waals surface area contributed by atoms with Gasteiger partial charge in [0.1, 0.15) is 0 Å². The highest BCUT2D eigenvalue weighted by molar-refractivity contribution is 9.11. The van der Waals surface area contributed by atoms with E-state index in [-0.39, 0.29) is 5.91 Å². The molecule has 0 fully saturated rings. The molecule has 0 saturated carbocycles. The Labute approximate surface area is 144 Å². The fraction of sp³-hybridized carbons (Fsp3) is 0.0714. The molecule has 0 aliphatic heterocycles. The van der Waals surface area contributed by atoms with Gasteiger partial charge in [-0.3, -0.25) is 14.8 Å². The van der Waals surface area contributed by atoms with Crippen molar-refractivity contribution in [1.82, 2.24) is 14.8 Å². The van der Waals surface area contributed by atoms with Crippen molar-refractivity contribution in [2.75, 3.05) is 5.32 Å². The van der Waals surface area contributed by atoms with Gasteiger partial charge in [0.25, 0.3) is 5.91 Å². The summed E-state index contributed by atoms with van der Waals surface area (Å²) < 4.78 is 2.61. The summed E-state index contributed by atoms with van der Waals surface area (Å²) in [4.78, 5) is 16.2. The minimum absolute atomic E-state index is 0.185. The van der Waals surface area contributed by atoms with Gasteiger partial charge in [-0.25, -0.2) is 4.98 Å². The zero-order chi connectivity index (χ0) is 15.5.